The average molecular weight is 471 g/mol. The number of fused-ring (bicyclic) bond motifs is 1. The third-order valence-corrected chi connectivity index (χ3v) is 8.13. The Morgan fingerprint density at radius 3 is 2.72 bits per heavy atom. The van der Waals surface area contributed by atoms with Crippen LogP contribution in [0.1, 0.15) is 18.4 Å². The van der Waals surface area contributed by atoms with Crippen molar-refractivity contribution in [2.24, 2.45) is 0 Å². The first-order chi connectivity index (χ1) is 15.5. The van der Waals surface area contributed by atoms with E-state index in [2.05, 4.69) is 15.5 Å². The van der Waals surface area contributed by atoms with Gasteiger partial charge in [-0.15, -0.1) is 11.8 Å². The largest absolute Gasteiger partial charge is 0.348 e. The van der Waals surface area contributed by atoms with Gasteiger partial charge in [-0.25, -0.2) is 9.37 Å². The summed E-state index contributed by atoms with van der Waals surface area (Å²) in [5.41, 5.74) is 2.53. The fourth-order valence-corrected chi connectivity index (χ4v) is 6.23. The zero-order chi connectivity index (χ0) is 22.1. The van der Waals surface area contributed by atoms with Crippen LogP contribution in [0.25, 0.3) is 10.2 Å². The van der Waals surface area contributed by atoms with Crippen molar-refractivity contribution in [1.29, 1.82) is 0 Å². The van der Waals surface area contributed by atoms with Crippen molar-refractivity contribution in [3.05, 3.63) is 53.8 Å². The number of amides is 2. The minimum absolute atomic E-state index is 0.168. The Balaban J connectivity index is 1.20. The molecular formula is C23H23FN4O2S2. The van der Waals surface area contributed by atoms with Gasteiger partial charge in [0, 0.05) is 24.5 Å². The Morgan fingerprint density at radius 2 is 1.97 bits per heavy atom. The van der Waals surface area contributed by atoms with Gasteiger partial charge >= 0.3 is 0 Å². The molecular weight excluding hydrogens is 447 g/mol. The highest BCUT2D eigenvalue weighted by Crippen LogP contribution is 2.32. The predicted molar refractivity (Wildman–Crippen MR) is 128 cm³/mol. The molecule has 2 aliphatic heterocycles. The fraction of sp³-hybridized carbons (Fsp3) is 0.348. The van der Waals surface area contributed by atoms with Crippen LogP contribution in [-0.2, 0) is 16.0 Å². The molecule has 0 bridgehead atoms. The Labute approximate surface area is 193 Å². The molecule has 5 rings (SSSR count). The predicted octanol–water partition coefficient (Wildman–Crippen LogP) is 3.82. The van der Waals surface area contributed by atoms with E-state index in [1.807, 2.05) is 18.2 Å². The molecule has 2 fully saturated rings. The van der Waals surface area contributed by atoms with Crippen molar-refractivity contribution in [2.45, 2.75) is 30.6 Å². The topological polar surface area (TPSA) is 74.3 Å². The zero-order valence-electron chi connectivity index (χ0n) is 17.3. The number of thiazole rings is 1. The second-order valence-corrected chi connectivity index (χ2v) is 10.3. The number of nitrogens with zero attached hydrogens (tertiary/aromatic N) is 2. The van der Waals surface area contributed by atoms with Crippen LogP contribution in [0.5, 0.6) is 0 Å². The molecule has 0 radical (unpaired) electrons. The molecule has 6 nitrogen and oxygen atoms in total. The van der Waals surface area contributed by atoms with Gasteiger partial charge in [0.05, 0.1) is 15.5 Å². The van der Waals surface area contributed by atoms with Gasteiger partial charge in [0.25, 0.3) is 0 Å². The van der Waals surface area contributed by atoms with Crippen LogP contribution in [-0.4, -0.2) is 46.9 Å². The third kappa shape index (κ3) is 4.59. The molecule has 2 N–H and O–H groups in total. The molecule has 2 aromatic carbocycles. The number of halogens is 1. The van der Waals surface area contributed by atoms with Gasteiger partial charge in [-0.05, 0) is 55.2 Å². The van der Waals surface area contributed by atoms with Crippen LogP contribution in [0.2, 0.25) is 0 Å². The van der Waals surface area contributed by atoms with E-state index in [4.69, 9.17) is 4.98 Å². The quantitative estimate of drug-likeness (QED) is 0.593. The van der Waals surface area contributed by atoms with Gasteiger partial charge < -0.3 is 15.5 Å². The van der Waals surface area contributed by atoms with E-state index in [1.54, 1.807) is 23.5 Å². The number of thioether (sulfide) groups is 1. The smallest absolute Gasteiger partial charge is 0.247 e. The molecule has 9 heteroatoms. The van der Waals surface area contributed by atoms with Crippen LogP contribution >= 0.6 is 23.1 Å². The van der Waals surface area contributed by atoms with Crippen molar-refractivity contribution >= 4 is 55.9 Å². The molecule has 1 aromatic heterocycles. The standard InChI is InChI=1S/C23H23FN4O2S2/c24-15-5-3-14(4-6-15)11-20-22(30)26-18(13-31-20)21(29)25-16-7-8-17-19(12-16)32-23(27-17)28-9-1-2-10-28/h3-8,12,18,20H,1-2,9-11,13H2,(H,25,29)(H,26,30). The van der Waals surface area contributed by atoms with E-state index < -0.39 is 6.04 Å². The van der Waals surface area contributed by atoms with Crippen LogP contribution in [0, 0.1) is 5.82 Å². The Kier molecular flexibility index (Phi) is 6.01. The Hall–Kier alpha value is -2.65. The number of carbonyl (C=O) groups excluding carboxylic acids is 2. The minimum atomic E-state index is -0.589. The molecule has 2 aliphatic rings. The zero-order valence-corrected chi connectivity index (χ0v) is 19.0. The molecule has 0 aliphatic carbocycles. The summed E-state index contributed by atoms with van der Waals surface area (Å²) in [7, 11) is 0. The van der Waals surface area contributed by atoms with Crippen molar-refractivity contribution in [3.8, 4) is 0 Å². The monoisotopic (exact) mass is 470 g/mol. The minimum Gasteiger partial charge on any atom is -0.348 e. The summed E-state index contributed by atoms with van der Waals surface area (Å²) in [6.45, 7) is 2.09. The van der Waals surface area contributed by atoms with Crippen LogP contribution in [0.15, 0.2) is 42.5 Å². The normalized spacial score (nSPS) is 21.0. The molecule has 3 aromatic rings. The number of carbonyl (C=O) groups is 2. The van der Waals surface area contributed by atoms with Crippen LogP contribution in [0.3, 0.4) is 0 Å². The first-order valence-corrected chi connectivity index (χ1v) is 12.5. The molecule has 166 valence electrons. The lowest BCUT2D eigenvalue weighted by molar-refractivity contribution is -0.126. The molecule has 2 unspecified atom stereocenters. The molecule has 2 saturated heterocycles. The van der Waals surface area contributed by atoms with E-state index in [1.165, 1.54) is 36.7 Å². The van der Waals surface area contributed by atoms with E-state index >= 15 is 0 Å². The average Bonchev–Trinajstić information content (AvgIpc) is 3.46. The Morgan fingerprint density at radius 1 is 1.19 bits per heavy atom. The van der Waals surface area contributed by atoms with E-state index in [0.717, 1.165) is 34.0 Å². The highest BCUT2D eigenvalue weighted by Gasteiger charge is 2.32. The lowest BCUT2D eigenvalue weighted by Crippen LogP contribution is -2.52. The number of hydrogen-bond acceptors (Lipinski definition) is 6. The van der Waals surface area contributed by atoms with Crippen molar-refractivity contribution in [1.82, 2.24) is 10.3 Å². The highest BCUT2D eigenvalue weighted by atomic mass is 32.2. The van der Waals surface area contributed by atoms with Crippen molar-refractivity contribution in [3.63, 3.8) is 0 Å². The lowest BCUT2D eigenvalue weighted by Gasteiger charge is -2.28. The summed E-state index contributed by atoms with van der Waals surface area (Å²) in [4.78, 5) is 32.3. The van der Waals surface area contributed by atoms with Crippen molar-refractivity contribution in [2.75, 3.05) is 29.1 Å². The number of aromatic nitrogens is 1. The summed E-state index contributed by atoms with van der Waals surface area (Å²) in [6.07, 6.45) is 2.91. The maximum Gasteiger partial charge on any atom is 0.247 e. The number of rotatable bonds is 5. The third-order valence-electron chi connectivity index (χ3n) is 5.75. The summed E-state index contributed by atoms with van der Waals surface area (Å²) < 4.78 is 14.1. The Bertz CT molecular complexity index is 1140. The second-order valence-electron chi connectivity index (χ2n) is 8.08. The molecule has 2 amide bonds. The summed E-state index contributed by atoms with van der Waals surface area (Å²) in [5, 5.41) is 6.51. The van der Waals surface area contributed by atoms with E-state index in [-0.39, 0.29) is 22.9 Å². The van der Waals surface area contributed by atoms with Gasteiger partial charge in [0.2, 0.25) is 11.8 Å². The van der Waals surface area contributed by atoms with Crippen molar-refractivity contribution < 1.29 is 14.0 Å². The summed E-state index contributed by atoms with van der Waals surface area (Å²) in [6, 6.07) is 11.3. The highest BCUT2D eigenvalue weighted by molar-refractivity contribution is 8.00. The second kappa shape index (κ2) is 9.07. The van der Waals surface area contributed by atoms with Gasteiger partial charge in [0.1, 0.15) is 11.9 Å². The number of nitrogens with one attached hydrogen (secondary N) is 2. The maximum absolute atomic E-state index is 13.1. The molecule has 32 heavy (non-hydrogen) atoms. The maximum atomic E-state index is 13.1. The van der Waals surface area contributed by atoms with Crippen LogP contribution in [0.4, 0.5) is 15.2 Å². The summed E-state index contributed by atoms with van der Waals surface area (Å²) in [5.74, 6) is -0.200. The van der Waals surface area contributed by atoms with Crippen LogP contribution < -0.4 is 15.5 Å². The molecule has 3 heterocycles. The van der Waals surface area contributed by atoms with E-state index in [0.29, 0.717) is 17.9 Å². The molecule has 0 saturated carbocycles. The first-order valence-electron chi connectivity index (χ1n) is 10.7. The first kappa shape index (κ1) is 21.2. The molecule has 0 spiro atoms. The number of hydrogen-bond donors (Lipinski definition) is 2. The fourth-order valence-electron chi connectivity index (χ4n) is 3.99. The van der Waals surface area contributed by atoms with Gasteiger partial charge in [0.15, 0.2) is 5.13 Å². The summed E-state index contributed by atoms with van der Waals surface area (Å²) >= 11 is 3.10. The SMILES string of the molecule is O=C(Nc1ccc2nc(N3CCCC3)sc2c1)C1CSC(Cc2ccc(F)cc2)C(=O)N1. The molecule has 2 atom stereocenters. The van der Waals surface area contributed by atoms with E-state index in [9.17, 15) is 14.0 Å². The number of anilines is 2. The van der Waals surface area contributed by atoms with Gasteiger partial charge in [-0.3, -0.25) is 9.59 Å². The lowest BCUT2D eigenvalue weighted by atomic mass is 10.1. The van der Waals surface area contributed by atoms with Gasteiger partial charge in [-0.2, -0.15) is 0 Å². The van der Waals surface area contributed by atoms with Gasteiger partial charge in [-0.1, -0.05) is 23.5 Å². The number of benzene rings is 2.